The fraction of sp³-hybridized carbons (Fsp3) is 0.800. The summed E-state index contributed by atoms with van der Waals surface area (Å²) in [5, 5.41) is -0.430. The summed E-state index contributed by atoms with van der Waals surface area (Å²) >= 11 is 2.53. The van der Waals surface area contributed by atoms with Gasteiger partial charge in [-0.05, 0) is 0 Å². The molecule has 0 atom stereocenters. The van der Waals surface area contributed by atoms with Gasteiger partial charge >= 0.3 is 18.1 Å². The molecule has 0 N–H and O–H groups in total. The Morgan fingerprint density at radius 1 is 1.23 bits per heavy atom. The van der Waals surface area contributed by atoms with Crippen LogP contribution >= 0.6 is 15.9 Å². The van der Waals surface area contributed by atoms with Crippen molar-refractivity contribution in [1.82, 2.24) is 0 Å². The van der Waals surface area contributed by atoms with Gasteiger partial charge in [-0.2, -0.15) is 22.0 Å². The van der Waals surface area contributed by atoms with Crippen molar-refractivity contribution in [3.05, 3.63) is 0 Å². The Labute approximate surface area is 78.2 Å². The average Bonchev–Trinajstić information content (AvgIpc) is 1.98. The molecule has 0 radical (unpaired) electrons. The van der Waals surface area contributed by atoms with Gasteiger partial charge in [0, 0.05) is 0 Å². The number of ether oxygens (including phenoxy) is 1. The molecule has 0 aliphatic carbocycles. The highest BCUT2D eigenvalue weighted by molar-refractivity contribution is 9.09. The maximum atomic E-state index is 12.0. The van der Waals surface area contributed by atoms with E-state index in [1.54, 1.807) is 0 Å². The minimum absolute atomic E-state index is 0.430. The lowest BCUT2D eigenvalue weighted by Crippen LogP contribution is -2.41. The molecule has 78 valence electrons. The van der Waals surface area contributed by atoms with Gasteiger partial charge in [-0.3, -0.25) is 4.79 Å². The van der Waals surface area contributed by atoms with E-state index < -0.39 is 30.0 Å². The van der Waals surface area contributed by atoms with Gasteiger partial charge < -0.3 is 4.74 Å². The summed E-state index contributed by atoms with van der Waals surface area (Å²) in [5.41, 5.74) is 0. The van der Waals surface area contributed by atoms with E-state index in [1.807, 2.05) is 0 Å². The summed E-state index contributed by atoms with van der Waals surface area (Å²) in [7, 11) is 0. The second-order valence-corrected chi connectivity index (χ2v) is 2.56. The lowest BCUT2D eigenvalue weighted by Gasteiger charge is -2.18. The van der Waals surface area contributed by atoms with Gasteiger partial charge in [-0.1, -0.05) is 15.9 Å². The van der Waals surface area contributed by atoms with Crippen molar-refractivity contribution in [2.75, 3.05) is 11.9 Å². The first-order chi connectivity index (χ1) is 5.70. The predicted octanol–water partition coefficient (Wildman–Crippen LogP) is 2.12. The monoisotopic (exact) mass is 270 g/mol. The molecule has 0 aromatic heterocycles. The standard InChI is InChI=1S/C5H4BrF5O2/c6-1-3(12)13-2-4(7,8)5(9,10)11/h1-2H2. The largest absolute Gasteiger partial charge is 0.458 e. The summed E-state index contributed by atoms with van der Waals surface area (Å²) in [6.45, 7) is -1.99. The molecule has 13 heavy (non-hydrogen) atoms. The lowest BCUT2D eigenvalue weighted by molar-refractivity contribution is -0.293. The molecule has 8 heteroatoms. The van der Waals surface area contributed by atoms with E-state index in [1.165, 1.54) is 0 Å². The summed E-state index contributed by atoms with van der Waals surface area (Å²) in [6, 6.07) is 0. The fourth-order valence-electron chi connectivity index (χ4n) is 0.292. The number of esters is 1. The number of rotatable bonds is 3. The second kappa shape index (κ2) is 4.21. The zero-order chi connectivity index (χ0) is 10.7. The molecule has 0 saturated carbocycles. The van der Waals surface area contributed by atoms with Crippen LogP contribution in [0.1, 0.15) is 0 Å². The molecule has 0 fully saturated rings. The minimum atomic E-state index is -5.69. The quantitative estimate of drug-likeness (QED) is 0.446. The smallest absolute Gasteiger partial charge is 0.456 e. The van der Waals surface area contributed by atoms with Gasteiger partial charge in [0.15, 0.2) is 6.61 Å². The Balaban J connectivity index is 4.12. The van der Waals surface area contributed by atoms with Crippen molar-refractivity contribution in [1.29, 1.82) is 0 Å². The van der Waals surface area contributed by atoms with Crippen molar-refractivity contribution in [2.24, 2.45) is 0 Å². The fourth-order valence-corrected chi connectivity index (χ4v) is 0.453. The normalized spacial score (nSPS) is 12.8. The van der Waals surface area contributed by atoms with E-state index in [0.717, 1.165) is 0 Å². The van der Waals surface area contributed by atoms with Gasteiger partial charge in [-0.15, -0.1) is 0 Å². The second-order valence-electron chi connectivity index (χ2n) is 2.00. The molecule has 0 unspecified atom stereocenters. The molecule has 0 bridgehead atoms. The van der Waals surface area contributed by atoms with E-state index in [4.69, 9.17) is 0 Å². The van der Waals surface area contributed by atoms with Gasteiger partial charge in [0.25, 0.3) is 0 Å². The van der Waals surface area contributed by atoms with Crippen LogP contribution in [0.5, 0.6) is 0 Å². The van der Waals surface area contributed by atoms with Crippen molar-refractivity contribution in [2.45, 2.75) is 12.1 Å². The van der Waals surface area contributed by atoms with Crippen molar-refractivity contribution in [3.8, 4) is 0 Å². The Kier molecular flexibility index (Phi) is 4.08. The molecule has 0 spiro atoms. The molecular formula is C5H4BrF5O2. The van der Waals surface area contributed by atoms with Gasteiger partial charge in [0.2, 0.25) is 0 Å². The first-order valence-corrected chi connectivity index (χ1v) is 3.99. The van der Waals surface area contributed by atoms with E-state index in [-0.39, 0.29) is 0 Å². The van der Waals surface area contributed by atoms with E-state index in [2.05, 4.69) is 20.7 Å². The van der Waals surface area contributed by atoms with Crippen molar-refractivity contribution in [3.63, 3.8) is 0 Å². The molecule has 0 aromatic carbocycles. The summed E-state index contributed by atoms with van der Waals surface area (Å²) in [4.78, 5) is 10.2. The number of hydrogen-bond acceptors (Lipinski definition) is 2. The highest BCUT2D eigenvalue weighted by Crippen LogP contribution is 2.35. The molecule has 0 aliphatic rings. The SMILES string of the molecule is O=C(CBr)OCC(F)(F)C(F)(F)F. The molecule has 0 aromatic rings. The van der Waals surface area contributed by atoms with Crippen molar-refractivity contribution >= 4 is 21.9 Å². The molecule has 0 rings (SSSR count). The number of halogens is 6. The molecular weight excluding hydrogens is 267 g/mol. The molecule has 0 heterocycles. The van der Waals surface area contributed by atoms with Crippen LogP contribution < -0.4 is 0 Å². The Hall–Kier alpha value is -0.400. The van der Waals surface area contributed by atoms with Crippen LogP contribution in [0, 0.1) is 0 Å². The molecule has 2 nitrogen and oxygen atoms in total. The number of hydrogen-bond donors (Lipinski definition) is 0. The van der Waals surface area contributed by atoms with Crippen LogP contribution in [0.15, 0.2) is 0 Å². The Morgan fingerprint density at radius 3 is 2.00 bits per heavy atom. The van der Waals surface area contributed by atoms with Crippen LogP contribution in [0.3, 0.4) is 0 Å². The number of carbonyl (C=O) groups excluding carboxylic acids is 1. The third-order valence-corrected chi connectivity index (χ3v) is 1.40. The average molecular weight is 271 g/mol. The highest BCUT2D eigenvalue weighted by atomic mass is 79.9. The van der Waals surface area contributed by atoms with E-state index in [0.29, 0.717) is 0 Å². The van der Waals surface area contributed by atoms with Crippen LogP contribution in [0.4, 0.5) is 22.0 Å². The van der Waals surface area contributed by atoms with E-state index in [9.17, 15) is 26.7 Å². The van der Waals surface area contributed by atoms with E-state index >= 15 is 0 Å². The van der Waals surface area contributed by atoms with Crippen LogP contribution in [0.2, 0.25) is 0 Å². The maximum Gasteiger partial charge on any atom is 0.456 e. The first-order valence-electron chi connectivity index (χ1n) is 2.87. The van der Waals surface area contributed by atoms with Gasteiger partial charge in [-0.25, -0.2) is 0 Å². The third kappa shape index (κ3) is 3.88. The van der Waals surface area contributed by atoms with Crippen molar-refractivity contribution < 1.29 is 31.5 Å². The van der Waals surface area contributed by atoms with Crippen LogP contribution in [0.25, 0.3) is 0 Å². The minimum Gasteiger partial charge on any atom is -0.458 e. The summed E-state index contributed by atoms with van der Waals surface area (Å²) in [5.74, 6) is -6.17. The Morgan fingerprint density at radius 2 is 1.69 bits per heavy atom. The number of alkyl halides is 6. The lowest BCUT2D eigenvalue weighted by atomic mass is 10.3. The van der Waals surface area contributed by atoms with Crippen LogP contribution in [-0.2, 0) is 9.53 Å². The summed E-state index contributed by atoms with van der Waals surface area (Å²) in [6.07, 6.45) is -5.69. The number of carbonyl (C=O) groups is 1. The van der Waals surface area contributed by atoms with Crippen LogP contribution in [-0.4, -0.2) is 30.0 Å². The summed E-state index contributed by atoms with van der Waals surface area (Å²) < 4.78 is 62.0. The third-order valence-electron chi connectivity index (χ3n) is 0.938. The first kappa shape index (κ1) is 12.6. The van der Waals surface area contributed by atoms with Gasteiger partial charge in [0.1, 0.15) is 5.33 Å². The zero-order valence-corrected chi connectivity index (χ0v) is 7.58. The molecule has 0 saturated heterocycles. The maximum absolute atomic E-state index is 12.0. The Bertz CT molecular complexity index is 190. The predicted molar refractivity (Wildman–Crippen MR) is 35.8 cm³/mol. The molecule has 0 amide bonds. The molecule has 0 aliphatic heterocycles. The highest BCUT2D eigenvalue weighted by Gasteiger charge is 2.58. The van der Waals surface area contributed by atoms with Gasteiger partial charge in [0.05, 0.1) is 0 Å². The topological polar surface area (TPSA) is 26.3 Å². The zero-order valence-electron chi connectivity index (χ0n) is 6.00.